The monoisotopic (exact) mass is 142 g/mol. The van der Waals surface area contributed by atoms with Gasteiger partial charge in [-0.05, 0) is 24.9 Å². The lowest BCUT2D eigenvalue weighted by molar-refractivity contribution is 0.658. The maximum atomic E-state index is 5.20. The number of rotatable bonds is 4. The fourth-order valence-corrected chi connectivity index (χ4v) is 1.07. The predicted octanol–water partition coefficient (Wildman–Crippen LogP) is 2.40. The average molecular weight is 142 g/mol. The van der Waals surface area contributed by atoms with E-state index in [1.165, 1.54) is 18.6 Å². The third kappa shape index (κ3) is 5.79. The highest BCUT2D eigenvalue weighted by atomic mass is 32.2. The summed E-state index contributed by atoms with van der Waals surface area (Å²) in [5.74, 6) is 4.43. The zero-order valence-electron chi connectivity index (χ0n) is 6.18. The van der Waals surface area contributed by atoms with E-state index in [-0.39, 0.29) is 0 Å². The van der Waals surface area contributed by atoms with Crippen LogP contribution in [0.4, 0.5) is 0 Å². The van der Waals surface area contributed by atoms with Crippen molar-refractivity contribution in [2.75, 3.05) is 12.0 Å². The zero-order chi connectivity index (χ0) is 7.11. The summed E-state index contributed by atoms with van der Waals surface area (Å²) in [5, 5.41) is 0. The first-order valence-corrected chi connectivity index (χ1v) is 4.65. The van der Waals surface area contributed by atoms with Gasteiger partial charge in [0.15, 0.2) is 0 Å². The largest absolute Gasteiger partial charge is 0.165 e. The summed E-state index contributed by atoms with van der Waals surface area (Å²) in [6.07, 6.45) is 9.76. The molecule has 0 radical (unpaired) electrons. The van der Waals surface area contributed by atoms with Crippen LogP contribution >= 0.6 is 11.8 Å². The molecule has 0 aromatic rings. The van der Waals surface area contributed by atoms with Gasteiger partial charge >= 0.3 is 0 Å². The molecule has 0 aliphatic carbocycles. The SMILES string of the molecule is C#CC(C)CCCSC. The van der Waals surface area contributed by atoms with E-state index in [0.717, 1.165) is 0 Å². The molecular weight excluding hydrogens is 128 g/mol. The van der Waals surface area contributed by atoms with Gasteiger partial charge in [0.05, 0.1) is 0 Å². The van der Waals surface area contributed by atoms with Crippen molar-refractivity contribution in [2.24, 2.45) is 5.92 Å². The number of hydrogen-bond acceptors (Lipinski definition) is 1. The number of terminal acetylenes is 1. The summed E-state index contributed by atoms with van der Waals surface area (Å²) >= 11 is 1.89. The molecule has 0 fully saturated rings. The minimum atomic E-state index is 0.470. The Labute approximate surface area is 62.4 Å². The molecule has 0 rings (SSSR count). The fourth-order valence-electron chi connectivity index (χ4n) is 0.617. The topological polar surface area (TPSA) is 0 Å². The van der Waals surface area contributed by atoms with Crippen molar-refractivity contribution >= 4 is 11.8 Å². The van der Waals surface area contributed by atoms with Crippen molar-refractivity contribution in [1.29, 1.82) is 0 Å². The maximum absolute atomic E-state index is 5.20. The Balaban J connectivity index is 2.99. The minimum absolute atomic E-state index is 0.470. The Kier molecular flexibility index (Phi) is 5.98. The molecule has 0 amide bonds. The molecule has 0 N–H and O–H groups in total. The second kappa shape index (κ2) is 6.04. The van der Waals surface area contributed by atoms with E-state index >= 15 is 0 Å². The second-order valence-corrected chi connectivity index (χ2v) is 3.19. The highest BCUT2D eigenvalue weighted by Gasteiger charge is 1.94. The minimum Gasteiger partial charge on any atom is -0.165 e. The van der Waals surface area contributed by atoms with Gasteiger partial charge in [-0.3, -0.25) is 0 Å². The highest BCUT2D eigenvalue weighted by molar-refractivity contribution is 7.98. The molecule has 0 bridgehead atoms. The third-order valence-corrected chi connectivity index (χ3v) is 1.97. The number of thioether (sulfide) groups is 1. The van der Waals surface area contributed by atoms with Crippen LogP contribution in [-0.2, 0) is 0 Å². The second-order valence-electron chi connectivity index (χ2n) is 2.20. The maximum Gasteiger partial charge on any atom is 0.0172 e. The van der Waals surface area contributed by atoms with Crippen LogP contribution in [-0.4, -0.2) is 12.0 Å². The number of hydrogen-bond donors (Lipinski definition) is 0. The van der Waals surface area contributed by atoms with Crippen molar-refractivity contribution in [2.45, 2.75) is 19.8 Å². The fraction of sp³-hybridized carbons (Fsp3) is 0.750. The Morgan fingerprint density at radius 2 is 2.33 bits per heavy atom. The lowest BCUT2D eigenvalue weighted by Crippen LogP contribution is -1.90. The Morgan fingerprint density at radius 1 is 1.67 bits per heavy atom. The normalized spacial score (nSPS) is 12.6. The van der Waals surface area contributed by atoms with E-state index in [1.807, 2.05) is 11.8 Å². The molecule has 0 aliphatic heterocycles. The standard InChI is InChI=1S/C8H14S/c1-4-8(2)6-5-7-9-3/h1,8H,5-7H2,2-3H3. The molecule has 0 aromatic heterocycles. The van der Waals surface area contributed by atoms with Gasteiger partial charge in [0.2, 0.25) is 0 Å². The van der Waals surface area contributed by atoms with Gasteiger partial charge in [-0.2, -0.15) is 11.8 Å². The van der Waals surface area contributed by atoms with Gasteiger partial charge in [0, 0.05) is 5.92 Å². The molecule has 0 heterocycles. The third-order valence-electron chi connectivity index (χ3n) is 1.27. The molecule has 0 saturated heterocycles. The first kappa shape index (κ1) is 8.91. The first-order chi connectivity index (χ1) is 4.31. The van der Waals surface area contributed by atoms with E-state index in [1.54, 1.807) is 0 Å². The lowest BCUT2D eigenvalue weighted by Gasteiger charge is -2.00. The van der Waals surface area contributed by atoms with Gasteiger partial charge in [0.25, 0.3) is 0 Å². The van der Waals surface area contributed by atoms with E-state index in [2.05, 4.69) is 19.1 Å². The summed E-state index contributed by atoms with van der Waals surface area (Å²) in [4.78, 5) is 0. The molecule has 1 heteroatoms. The molecule has 52 valence electrons. The Bertz CT molecular complexity index is 91.2. The first-order valence-electron chi connectivity index (χ1n) is 3.26. The van der Waals surface area contributed by atoms with Crippen molar-refractivity contribution in [3.8, 4) is 12.3 Å². The van der Waals surface area contributed by atoms with Gasteiger partial charge < -0.3 is 0 Å². The Morgan fingerprint density at radius 3 is 2.78 bits per heavy atom. The van der Waals surface area contributed by atoms with E-state index in [4.69, 9.17) is 6.42 Å². The van der Waals surface area contributed by atoms with Crippen LogP contribution in [0.1, 0.15) is 19.8 Å². The van der Waals surface area contributed by atoms with Crippen LogP contribution in [0.15, 0.2) is 0 Å². The van der Waals surface area contributed by atoms with Crippen molar-refractivity contribution in [3.05, 3.63) is 0 Å². The van der Waals surface area contributed by atoms with Crippen LogP contribution in [0.3, 0.4) is 0 Å². The molecule has 1 unspecified atom stereocenters. The van der Waals surface area contributed by atoms with Gasteiger partial charge in [-0.1, -0.05) is 6.92 Å². The molecule has 0 nitrogen and oxygen atoms in total. The molecule has 1 atom stereocenters. The lowest BCUT2D eigenvalue weighted by atomic mass is 10.1. The summed E-state index contributed by atoms with van der Waals surface area (Å²) in [5.41, 5.74) is 0. The van der Waals surface area contributed by atoms with Gasteiger partial charge in [-0.25, -0.2) is 0 Å². The Hall–Kier alpha value is -0.0900. The summed E-state index contributed by atoms with van der Waals surface area (Å²) in [7, 11) is 0. The van der Waals surface area contributed by atoms with E-state index in [9.17, 15) is 0 Å². The van der Waals surface area contributed by atoms with Crippen LogP contribution in [0.25, 0.3) is 0 Å². The summed E-state index contributed by atoms with van der Waals surface area (Å²) in [6, 6.07) is 0. The van der Waals surface area contributed by atoms with Crippen molar-refractivity contribution in [3.63, 3.8) is 0 Å². The van der Waals surface area contributed by atoms with Crippen LogP contribution in [0.2, 0.25) is 0 Å². The van der Waals surface area contributed by atoms with Crippen LogP contribution in [0, 0.1) is 18.3 Å². The molecule has 0 spiro atoms. The highest BCUT2D eigenvalue weighted by Crippen LogP contribution is 2.06. The summed E-state index contributed by atoms with van der Waals surface area (Å²) < 4.78 is 0. The summed E-state index contributed by atoms with van der Waals surface area (Å²) in [6.45, 7) is 2.10. The predicted molar refractivity (Wildman–Crippen MR) is 45.6 cm³/mol. The molecule has 0 saturated carbocycles. The van der Waals surface area contributed by atoms with Crippen LogP contribution < -0.4 is 0 Å². The zero-order valence-corrected chi connectivity index (χ0v) is 7.00. The van der Waals surface area contributed by atoms with E-state index < -0.39 is 0 Å². The molecule has 9 heavy (non-hydrogen) atoms. The average Bonchev–Trinajstić information content (AvgIpc) is 1.89. The molecular formula is C8H14S. The molecule has 0 aromatic carbocycles. The van der Waals surface area contributed by atoms with Gasteiger partial charge in [0.1, 0.15) is 0 Å². The van der Waals surface area contributed by atoms with Crippen molar-refractivity contribution in [1.82, 2.24) is 0 Å². The van der Waals surface area contributed by atoms with Crippen molar-refractivity contribution < 1.29 is 0 Å². The van der Waals surface area contributed by atoms with Gasteiger partial charge in [-0.15, -0.1) is 12.3 Å². The quantitative estimate of drug-likeness (QED) is 0.429. The smallest absolute Gasteiger partial charge is 0.0172 e. The van der Waals surface area contributed by atoms with Crippen LogP contribution in [0.5, 0.6) is 0 Å². The molecule has 0 aliphatic rings. The van der Waals surface area contributed by atoms with E-state index in [0.29, 0.717) is 5.92 Å².